The van der Waals surface area contributed by atoms with Crippen molar-refractivity contribution in [3.05, 3.63) is 59.7 Å². The molecule has 2 heterocycles. The number of imidazole rings is 1. The van der Waals surface area contributed by atoms with Crippen molar-refractivity contribution in [1.29, 1.82) is 0 Å². The van der Waals surface area contributed by atoms with E-state index in [0.29, 0.717) is 0 Å². The van der Waals surface area contributed by atoms with Crippen LogP contribution in [-0.4, -0.2) is 34.1 Å². The summed E-state index contributed by atoms with van der Waals surface area (Å²) in [7, 11) is 4.17. The number of aromatic nitrogens is 3. The maximum atomic E-state index is 5.38. The zero-order valence-corrected chi connectivity index (χ0v) is 15.5. The number of aryl methyl sites for hydroxylation is 2. The maximum absolute atomic E-state index is 5.38. The molecule has 0 atom stereocenters. The van der Waals surface area contributed by atoms with Crippen molar-refractivity contribution in [3.8, 4) is 22.3 Å². The molecule has 0 aliphatic heterocycles. The molecule has 1 N–H and O–H groups in total. The van der Waals surface area contributed by atoms with Gasteiger partial charge in [-0.15, -0.1) is 0 Å². The molecule has 4 rings (SSSR count). The summed E-state index contributed by atoms with van der Waals surface area (Å²) in [6, 6.07) is 12.8. The molecule has 2 aromatic carbocycles. The highest BCUT2D eigenvalue weighted by molar-refractivity contribution is 5.96. The molecule has 132 valence electrons. The number of hydrogen-bond acceptors (Lipinski definition) is 4. The minimum atomic E-state index is 0.828. The van der Waals surface area contributed by atoms with Gasteiger partial charge in [-0.2, -0.15) is 0 Å². The van der Waals surface area contributed by atoms with E-state index in [9.17, 15) is 0 Å². The van der Waals surface area contributed by atoms with Crippen LogP contribution in [0.4, 0.5) is 0 Å². The number of nitrogens with one attached hydrogen (secondary N) is 1. The van der Waals surface area contributed by atoms with Gasteiger partial charge in [0.05, 0.1) is 23.1 Å². The second-order valence-corrected chi connectivity index (χ2v) is 6.92. The van der Waals surface area contributed by atoms with Gasteiger partial charge in [0.15, 0.2) is 0 Å². The molecule has 0 saturated heterocycles. The predicted molar refractivity (Wildman–Crippen MR) is 104 cm³/mol. The molecular weight excluding hydrogens is 324 g/mol. The Balaban J connectivity index is 1.98. The molecule has 5 nitrogen and oxygen atoms in total. The van der Waals surface area contributed by atoms with Gasteiger partial charge >= 0.3 is 0 Å². The van der Waals surface area contributed by atoms with Crippen LogP contribution in [0.3, 0.4) is 0 Å². The lowest BCUT2D eigenvalue weighted by Crippen LogP contribution is -2.11. The van der Waals surface area contributed by atoms with E-state index in [1.54, 1.807) is 6.33 Å². The molecule has 4 aromatic rings. The highest BCUT2D eigenvalue weighted by atomic mass is 16.5. The molecule has 0 spiro atoms. The summed E-state index contributed by atoms with van der Waals surface area (Å²) in [5, 5.41) is 4.11. The Kier molecular flexibility index (Phi) is 4.09. The lowest BCUT2D eigenvalue weighted by molar-refractivity contribution is 0.393. The molecule has 0 aliphatic carbocycles. The zero-order chi connectivity index (χ0) is 18.3. The van der Waals surface area contributed by atoms with E-state index in [1.165, 1.54) is 11.1 Å². The lowest BCUT2D eigenvalue weighted by Gasteiger charge is -2.15. The molecule has 0 amide bonds. The standard InChI is InChI=1S/C21H22N4O/c1-13-20(14(2)26-24-13)16-9-18(21-19(10-16)22-12-23-21)17-8-6-5-7-15(17)11-25(3)4/h5-10,12H,11H2,1-4H3,(H,22,23). The summed E-state index contributed by atoms with van der Waals surface area (Å²) in [6.07, 6.45) is 1.75. The maximum Gasteiger partial charge on any atom is 0.141 e. The fourth-order valence-corrected chi connectivity index (χ4v) is 3.56. The topological polar surface area (TPSA) is 58.0 Å². The molecule has 0 fully saturated rings. The molecule has 0 aliphatic rings. The van der Waals surface area contributed by atoms with E-state index < -0.39 is 0 Å². The smallest absolute Gasteiger partial charge is 0.141 e. The Hall–Kier alpha value is -2.92. The van der Waals surface area contributed by atoms with E-state index in [1.807, 2.05) is 13.8 Å². The van der Waals surface area contributed by atoms with Gasteiger partial charge in [-0.05, 0) is 56.8 Å². The number of H-pyrrole nitrogens is 1. The minimum absolute atomic E-state index is 0.828. The number of aromatic amines is 1. The minimum Gasteiger partial charge on any atom is -0.361 e. The Morgan fingerprint density at radius 3 is 2.62 bits per heavy atom. The summed E-state index contributed by atoms with van der Waals surface area (Å²) in [5.41, 5.74) is 8.62. The van der Waals surface area contributed by atoms with Crippen molar-refractivity contribution in [2.24, 2.45) is 0 Å². The normalized spacial score (nSPS) is 11.6. The first-order valence-electron chi connectivity index (χ1n) is 8.68. The van der Waals surface area contributed by atoms with E-state index in [2.05, 4.69) is 70.5 Å². The van der Waals surface area contributed by atoms with Crippen LogP contribution in [-0.2, 0) is 6.54 Å². The Labute approximate surface area is 152 Å². The fraction of sp³-hybridized carbons (Fsp3) is 0.238. The second-order valence-electron chi connectivity index (χ2n) is 6.92. The quantitative estimate of drug-likeness (QED) is 0.588. The first kappa shape index (κ1) is 16.5. The van der Waals surface area contributed by atoms with E-state index in [-0.39, 0.29) is 0 Å². The first-order chi connectivity index (χ1) is 12.5. The van der Waals surface area contributed by atoms with Crippen molar-refractivity contribution in [3.63, 3.8) is 0 Å². The van der Waals surface area contributed by atoms with Crippen molar-refractivity contribution in [2.75, 3.05) is 14.1 Å². The molecule has 26 heavy (non-hydrogen) atoms. The van der Waals surface area contributed by atoms with Crippen LogP contribution in [0.5, 0.6) is 0 Å². The Morgan fingerprint density at radius 1 is 1.08 bits per heavy atom. The summed E-state index contributed by atoms with van der Waals surface area (Å²) < 4.78 is 5.38. The molecule has 2 aromatic heterocycles. The van der Waals surface area contributed by atoms with Crippen LogP contribution in [0.2, 0.25) is 0 Å². The third-order valence-corrected chi connectivity index (χ3v) is 4.64. The van der Waals surface area contributed by atoms with Gasteiger partial charge in [-0.1, -0.05) is 29.4 Å². The predicted octanol–water partition coefficient (Wildman–Crippen LogP) is 4.56. The van der Waals surface area contributed by atoms with Crippen LogP contribution in [0.15, 0.2) is 47.2 Å². The average molecular weight is 346 g/mol. The molecular formula is C21H22N4O. The number of rotatable bonds is 4. The van der Waals surface area contributed by atoms with Gasteiger partial charge in [0, 0.05) is 17.7 Å². The monoisotopic (exact) mass is 346 g/mol. The van der Waals surface area contributed by atoms with Gasteiger partial charge < -0.3 is 14.4 Å². The van der Waals surface area contributed by atoms with Crippen LogP contribution in [0, 0.1) is 13.8 Å². The average Bonchev–Trinajstić information content (AvgIpc) is 3.20. The fourth-order valence-electron chi connectivity index (χ4n) is 3.56. The SMILES string of the molecule is Cc1noc(C)c1-c1cc(-c2ccccc2CN(C)C)c2nc[nH]c2c1. The molecule has 0 saturated carbocycles. The third-order valence-electron chi connectivity index (χ3n) is 4.64. The lowest BCUT2D eigenvalue weighted by atomic mass is 9.94. The van der Waals surface area contributed by atoms with Gasteiger partial charge in [0.2, 0.25) is 0 Å². The number of fused-ring (bicyclic) bond motifs is 1. The van der Waals surface area contributed by atoms with Crippen molar-refractivity contribution in [1.82, 2.24) is 20.0 Å². The number of benzene rings is 2. The second kappa shape index (κ2) is 6.42. The highest BCUT2D eigenvalue weighted by Crippen LogP contribution is 2.36. The third kappa shape index (κ3) is 2.80. The van der Waals surface area contributed by atoms with Gasteiger partial charge in [0.1, 0.15) is 5.76 Å². The molecule has 0 unspecified atom stereocenters. The van der Waals surface area contributed by atoms with Gasteiger partial charge in [-0.3, -0.25) is 0 Å². The van der Waals surface area contributed by atoms with E-state index in [0.717, 1.165) is 45.7 Å². The van der Waals surface area contributed by atoms with E-state index in [4.69, 9.17) is 4.52 Å². The summed E-state index contributed by atoms with van der Waals surface area (Å²) in [6.45, 7) is 4.80. The van der Waals surface area contributed by atoms with Gasteiger partial charge in [-0.25, -0.2) is 4.98 Å². The van der Waals surface area contributed by atoms with Crippen LogP contribution < -0.4 is 0 Å². The summed E-state index contributed by atoms with van der Waals surface area (Å²) in [5.74, 6) is 0.828. The largest absolute Gasteiger partial charge is 0.361 e. The summed E-state index contributed by atoms with van der Waals surface area (Å²) in [4.78, 5) is 10.0. The molecule has 5 heteroatoms. The van der Waals surface area contributed by atoms with Gasteiger partial charge in [0.25, 0.3) is 0 Å². The van der Waals surface area contributed by atoms with Crippen LogP contribution >= 0.6 is 0 Å². The number of nitrogens with zero attached hydrogens (tertiary/aromatic N) is 3. The van der Waals surface area contributed by atoms with Crippen LogP contribution in [0.1, 0.15) is 17.0 Å². The van der Waals surface area contributed by atoms with Crippen molar-refractivity contribution >= 4 is 11.0 Å². The number of hydrogen-bond donors (Lipinski definition) is 1. The summed E-state index contributed by atoms with van der Waals surface area (Å²) >= 11 is 0. The van der Waals surface area contributed by atoms with Crippen molar-refractivity contribution in [2.45, 2.75) is 20.4 Å². The van der Waals surface area contributed by atoms with Crippen LogP contribution in [0.25, 0.3) is 33.3 Å². The highest BCUT2D eigenvalue weighted by Gasteiger charge is 2.17. The van der Waals surface area contributed by atoms with E-state index >= 15 is 0 Å². The van der Waals surface area contributed by atoms with Crippen molar-refractivity contribution < 1.29 is 4.52 Å². The first-order valence-corrected chi connectivity index (χ1v) is 8.68. The Bertz CT molecular complexity index is 1060. The Morgan fingerprint density at radius 2 is 1.88 bits per heavy atom. The molecule has 0 bridgehead atoms. The molecule has 0 radical (unpaired) electrons. The zero-order valence-electron chi connectivity index (χ0n) is 15.5.